The highest BCUT2D eigenvalue weighted by molar-refractivity contribution is 5.75. The first kappa shape index (κ1) is 17.9. The second-order valence-electron chi connectivity index (χ2n) is 6.25. The first-order valence-electron chi connectivity index (χ1n) is 8.82. The summed E-state index contributed by atoms with van der Waals surface area (Å²) in [6.07, 6.45) is 0. The van der Waals surface area contributed by atoms with E-state index in [1.54, 1.807) is 17.0 Å². The molecule has 0 aliphatic carbocycles. The molecule has 0 saturated heterocycles. The van der Waals surface area contributed by atoms with Gasteiger partial charge in [-0.3, -0.25) is 4.79 Å². The molecule has 0 saturated carbocycles. The number of fused-ring (bicyclic) bond motifs is 1. The van der Waals surface area contributed by atoms with Crippen LogP contribution >= 0.6 is 0 Å². The molecule has 0 radical (unpaired) electrons. The van der Waals surface area contributed by atoms with Crippen molar-refractivity contribution in [1.82, 2.24) is 25.1 Å². The molecule has 3 aromatic rings. The van der Waals surface area contributed by atoms with Crippen LogP contribution < -0.4 is 9.47 Å². The zero-order valence-corrected chi connectivity index (χ0v) is 15.2. The Kier molecular flexibility index (Phi) is 4.88. The molecule has 4 rings (SSSR count). The maximum Gasteiger partial charge on any atom is 0.246 e. The second-order valence-corrected chi connectivity index (χ2v) is 6.25. The third-order valence-electron chi connectivity index (χ3n) is 4.36. The number of halogens is 1. The second kappa shape index (κ2) is 7.63. The Morgan fingerprint density at radius 2 is 2.07 bits per heavy atom. The van der Waals surface area contributed by atoms with Crippen LogP contribution in [0.15, 0.2) is 42.5 Å². The fourth-order valence-electron chi connectivity index (χ4n) is 2.91. The molecule has 2 aromatic carbocycles. The van der Waals surface area contributed by atoms with Gasteiger partial charge < -0.3 is 14.4 Å². The average molecular weight is 383 g/mol. The van der Waals surface area contributed by atoms with Gasteiger partial charge in [0.2, 0.25) is 18.5 Å². The molecular weight excluding hydrogens is 365 g/mol. The molecule has 0 N–H and O–H groups in total. The van der Waals surface area contributed by atoms with Crippen LogP contribution in [0.5, 0.6) is 11.5 Å². The van der Waals surface area contributed by atoms with E-state index in [4.69, 9.17) is 9.47 Å². The van der Waals surface area contributed by atoms with Crippen molar-refractivity contribution in [2.24, 2.45) is 0 Å². The lowest BCUT2D eigenvalue weighted by Crippen LogP contribution is -2.33. The third kappa shape index (κ3) is 3.78. The van der Waals surface area contributed by atoms with Gasteiger partial charge in [-0.25, -0.2) is 4.39 Å². The molecule has 0 atom stereocenters. The Hall–Kier alpha value is -3.49. The van der Waals surface area contributed by atoms with Crippen molar-refractivity contribution in [3.8, 4) is 22.9 Å². The van der Waals surface area contributed by atoms with E-state index in [1.807, 2.05) is 25.1 Å². The highest BCUT2D eigenvalue weighted by Gasteiger charge is 2.18. The van der Waals surface area contributed by atoms with Crippen LogP contribution in [0.25, 0.3) is 11.4 Å². The summed E-state index contributed by atoms with van der Waals surface area (Å²) < 4.78 is 24.0. The number of likely N-dealkylation sites (N-methyl/N-ethyl adjacent to an activating group) is 1. The predicted molar refractivity (Wildman–Crippen MR) is 96.9 cm³/mol. The highest BCUT2D eigenvalue weighted by Crippen LogP contribution is 2.32. The molecule has 1 aliphatic heterocycles. The lowest BCUT2D eigenvalue weighted by molar-refractivity contribution is -0.132. The number of nitrogens with zero attached hydrogens (tertiary/aromatic N) is 5. The topological polar surface area (TPSA) is 82.4 Å². The SMILES string of the molecule is CCN(Cc1ccc2c(c1)OCO2)C(=O)Cn1nnc(-c2cccc(F)c2)n1. The van der Waals surface area contributed by atoms with Crippen LogP contribution in [-0.2, 0) is 17.9 Å². The standard InChI is InChI=1S/C19H18FN5O3/c1-2-24(10-13-6-7-16-17(8-13)28-12-27-16)18(26)11-25-22-19(21-23-25)14-4-3-5-15(20)9-14/h3-9H,2,10-12H2,1H3. The molecule has 28 heavy (non-hydrogen) atoms. The van der Waals surface area contributed by atoms with Gasteiger partial charge in [0, 0.05) is 18.7 Å². The molecule has 0 bridgehead atoms. The lowest BCUT2D eigenvalue weighted by Gasteiger charge is -2.20. The van der Waals surface area contributed by atoms with E-state index in [0.29, 0.717) is 30.2 Å². The average Bonchev–Trinajstić information content (AvgIpc) is 3.35. The van der Waals surface area contributed by atoms with Gasteiger partial charge in [-0.15, -0.1) is 10.2 Å². The van der Waals surface area contributed by atoms with E-state index in [0.717, 1.165) is 5.56 Å². The number of ether oxygens (including phenoxy) is 2. The Bertz CT molecular complexity index is 1010. The number of amides is 1. The molecule has 1 aromatic heterocycles. The van der Waals surface area contributed by atoms with Crippen LogP contribution in [0.4, 0.5) is 4.39 Å². The first-order valence-corrected chi connectivity index (χ1v) is 8.82. The Morgan fingerprint density at radius 1 is 1.21 bits per heavy atom. The van der Waals surface area contributed by atoms with E-state index in [1.165, 1.54) is 16.9 Å². The van der Waals surface area contributed by atoms with E-state index in [2.05, 4.69) is 15.4 Å². The molecule has 144 valence electrons. The summed E-state index contributed by atoms with van der Waals surface area (Å²) in [5.74, 6) is 1.12. The number of carbonyl (C=O) groups is 1. The summed E-state index contributed by atoms with van der Waals surface area (Å²) in [5.41, 5.74) is 1.44. The Morgan fingerprint density at radius 3 is 2.89 bits per heavy atom. The number of benzene rings is 2. The predicted octanol–water partition coefficient (Wildman–Crippen LogP) is 2.26. The molecule has 0 fully saturated rings. The van der Waals surface area contributed by atoms with Gasteiger partial charge in [0.1, 0.15) is 12.4 Å². The molecule has 0 unspecified atom stereocenters. The fourth-order valence-corrected chi connectivity index (χ4v) is 2.91. The smallest absolute Gasteiger partial charge is 0.246 e. The van der Waals surface area contributed by atoms with Crippen LogP contribution in [0.2, 0.25) is 0 Å². The van der Waals surface area contributed by atoms with Crippen molar-refractivity contribution in [1.29, 1.82) is 0 Å². The quantitative estimate of drug-likeness (QED) is 0.649. The van der Waals surface area contributed by atoms with E-state index in [9.17, 15) is 9.18 Å². The molecular formula is C19H18FN5O3. The van der Waals surface area contributed by atoms with Gasteiger partial charge in [-0.05, 0) is 42.0 Å². The van der Waals surface area contributed by atoms with Gasteiger partial charge in [-0.1, -0.05) is 18.2 Å². The van der Waals surface area contributed by atoms with Crippen molar-refractivity contribution in [2.45, 2.75) is 20.0 Å². The zero-order valence-electron chi connectivity index (χ0n) is 15.2. The number of aromatic nitrogens is 4. The summed E-state index contributed by atoms with van der Waals surface area (Å²) in [6, 6.07) is 11.5. The van der Waals surface area contributed by atoms with Crippen molar-refractivity contribution < 1.29 is 18.7 Å². The largest absolute Gasteiger partial charge is 0.454 e. The first-order chi connectivity index (χ1) is 13.6. The van der Waals surface area contributed by atoms with Gasteiger partial charge in [0.25, 0.3) is 0 Å². The van der Waals surface area contributed by atoms with Crippen LogP contribution in [0, 0.1) is 5.82 Å². The normalized spacial score (nSPS) is 12.2. The van der Waals surface area contributed by atoms with Crippen molar-refractivity contribution in [3.63, 3.8) is 0 Å². The number of tetrazole rings is 1. The Labute approximate surface area is 160 Å². The summed E-state index contributed by atoms with van der Waals surface area (Å²) in [5, 5.41) is 12.0. The summed E-state index contributed by atoms with van der Waals surface area (Å²) in [7, 11) is 0. The van der Waals surface area contributed by atoms with Crippen molar-refractivity contribution in [3.05, 3.63) is 53.8 Å². The molecule has 0 spiro atoms. The maximum atomic E-state index is 13.4. The van der Waals surface area contributed by atoms with E-state index < -0.39 is 0 Å². The molecule has 1 aliphatic rings. The van der Waals surface area contributed by atoms with Gasteiger partial charge in [0.05, 0.1) is 0 Å². The minimum absolute atomic E-state index is 0.0549. The van der Waals surface area contributed by atoms with E-state index in [-0.39, 0.29) is 30.9 Å². The lowest BCUT2D eigenvalue weighted by atomic mass is 10.2. The van der Waals surface area contributed by atoms with Crippen LogP contribution in [0.3, 0.4) is 0 Å². The number of rotatable bonds is 6. The van der Waals surface area contributed by atoms with Crippen molar-refractivity contribution in [2.75, 3.05) is 13.3 Å². The maximum absolute atomic E-state index is 13.4. The van der Waals surface area contributed by atoms with Gasteiger partial charge in [0.15, 0.2) is 11.5 Å². The number of hydrogen-bond acceptors (Lipinski definition) is 6. The van der Waals surface area contributed by atoms with Gasteiger partial charge in [-0.2, -0.15) is 4.80 Å². The highest BCUT2D eigenvalue weighted by atomic mass is 19.1. The molecule has 8 nitrogen and oxygen atoms in total. The summed E-state index contributed by atoms with van der Waals surface area (Å²) >= 11 is 0. The molecule has 1 amide bonds. The summed E-state index contributed by atoms with van der Waals surface area (Å²) in [6.45, 7) is 3.01. The number of carbonyl (C=O) groups excluding carboxylic acids is 1. The molecule has 2 heterocycles. The van der Waals surface area contributed by atoms with Crippen LogP contribution in [-0.4, -0.2) is 44.4 Å². The third-order valence-corrected chi connectivity index (χ3v) is 4.36. The summed E-state index contributed by atoms with van der Waals surface area (Å²) in [4.78, 5) is 15.6. The van der Waals surface area contributed by atoms with Crippen LogP contribution in [0.1, 0.15) is 12.5 Å². The van der Waals surface area contributed by atoms with E-state index >= 15 is 0 Å². The van der Waals surface area contributed by atoms with Crippen molar-refractivity contribution >= 4 is 5.91 Å². The van der Waals surface area contributed by atoms with Gasteiger partial charge >= 0.3 is 0 Å². The molecule has 9 heteroatoms. The number of hydrogen-bond donors (Lipinski definition) is 0. The minimum atomic E-state index is -0.384. The fraction of sp³-hybridized carbons (Fsp3) is 0.263. The Balaban J connectivity index is 1.43. The zero-order chi connectivity index (χ0) is 19.5. The monoisotopic (exact) mass is 383 g/mol. The minimum Gasteiger partial charge on any atom is -0.454 e.